The van der Waals surface area contributed by atoms with E-state index >= 15 is 0 Å². The summed E-state index contributed by atoms with van der Waals surface area (Å²) in [5, 5.41) is 9.00. The number of carboxylic acid groups (broad SMARTS) is 1. The fourth-order valence-electron chi connectivity index (χ4n) is 1.99. The molecule has 0 aliphatic carbocycles. The first kappa shape index (κ1) is 14.7. The Kier molecular flexibility index (Phi) is 4.66. The molecule has 0 bridgehead atoms. The molecular weight excluding hydrogens is 268 g/mol. The third kappa shape index (κ3) is 4.14. The predicted octanol–water partition coefficient (Wildman–Crippen LogP) is 2.12. The zero-order valence-electron chi connectivity index (χ0n) is 11.7. The van der Waals surface area contributed by atoms with E-state index in [-0.39, 0.29) is 24.7 Å². The fourth-order valence-corrected chi connectivity index (χ4v) is 1.99. The number of pyridine rings is 1. The first-order valence-electron chi connectivity index (χ1n) is 6.55. The summed E-state index contributed by atoms with van der Waals surface area (Å²) in [6, 6.07) is 14.4. The van der Waals surface area contributed by atoms with Crippen molar-refractivity contribution in [3.8, 4) is 0 Å². The summed E-state index contributed by atoms with van der Waals surface area (Å²) in [5.74, 6) is -1.43. The Balaban J connectivity index is 2.23. The molecule has 0 saturated heterocycles. The van der Waals surface area contributed by atoms with Crippen molar-refractivity contribution in [2.24, 2.45) is 0 Å². The molecule has 5 heteroatoms. The molecule has 0 aliphatic rings. The quantitative estimate of drug-likeness (QED) is 0.913. The second-order valence-electron chi connectivity index (χ2n) is 4.70. The number of benzene rings is 1. The van der Waals surface area contributed by atoms with Crippen LogP contribution in [0.3, 0.4) is 0 Å². The maximum absolute atomic E-state index is 12.4. The Morgan fingerprint density at radius 3 is 2.43 bits per heavy atom. The van der Waals surface area contributed by atoms with E-state index in [1.54, 1.807) is 25.1 Å². The minimum absolute atomic E-state index is 0.238. The maximum atomic E-state index is 12.4. The lowest BCUT2D eigenvalue weighted by Crippen LogP contribution is -2.35. The second-order valence-corrected chi connectivity index (χ2v) is 4.70. The minimum atomic E-state index is -1.05. The van der Waals surface area contributed by atoms with Gasteiger partial charge in [0.1, 0.15) is 12.2 Å². The first-order valence-corrected chi connectivity index (χ1v) is 6.55. The Morgan fingerprint density at radius 2 is 1.81 bits per heavy atom. The lowest BCUT2D eigenvalue weighted by molar-refractivity contribution is -0.137. The van der Waals surface area contributed by atoms with E-state index in [1.807, 2.05) is 30.3 Å². The predicted molar refractivity (Wildman–Crippen MR) is 77.8 cm³/mol. The fraction of sp³-hybridized carbons (Fsp3) is 0.188. The first-order chi connectivity index (χ1) is 10.1. The third-order valence-electron chi connectivity index (χ3n) is 2.94. The number of carbonyl (C=O) groups is 2. The summed E-state index contributed by atoms with van der Waals surface area (Å²) in [6.07, 6.45) is 0. The molecule has 0 unspecified atom stereocenters. The summed E-state index contributed by atoms with van der Waals surface area (Å²) in [4.78, 5) is 28.9. The van der Waals surface area contributed by atoms with Crippen LogP contribution in [0.2, 0.25) is 0 Å². The zero-order chi connectivity index (χ0) is 15.2. The van der Waals surface area contributed by atoms with Crippen molar-refractivity contribution in [3.05, 3.63) is 65.5 Å². The molecule has 0 saturated carbocycles. The van der Waals surface area contributed by atoms with Gasteiger partial charge in [-0.3, -0.25) is 9.59 Å². The average Bonchev–Trinajstić information content (AvgIpc) is 2.46. The number of nitrogens with zero attached hydrogens (tertiary/aromatic N) is 2. The van der Waals surface area contributed by atoms with Crippen molar-refractivity contribution < 1.29 is 14.7 Å². The van der Waals surface area contributed by atoms with Gasteiger partial charge in [0.05, 0.1) is 0 Å². The Bertz CT molecular complexity index is 641. The molecule has 1 aromatic heterocycles. The van der Waals surface area contributed by atoms with Crippen LogP contribution in [0.15, 0.2) is 48.5 Å². The maximum Gasteiger partial charge on any atom is 0.323 e. The van der Waals surface area contributed by atoms with Crippen LogP contribution in [0.25, 0.3) is 0 Å². The minimum Gasteiger partial charge on any atom is -0.480 e. The van der Waals surface area contributed by atoms with Crippen LogP contribution in [0.5, 0.6) is 0 Å². The smallest absolute Gasteiger partial charge is 0.323 e. The highest BCUT2D eigenvalue weighted by Gasteiger charge is 2.20. The number of amides is 1. The standard InChI is InChI=1S/C16H16N2O3/c1-12-6-5-9-14(17-12)16(21)18(11-15(19)20)10-13-7-3-2-4-8-13/h2-9H,10-11H2,1H3,(H,19,20). The number of rotatable bonds is 5. The summed E-state index contributed by atoms with van der Waals surface area (Å²) < 4.78 is 0. The van der Waals surface area contributed by atoms with Crippen LogP contribution >= 0.6 is 0 Å². The monoisotopic (exact) mass is 284 g/mol. The number of hydrogen-bond acceptors (Lipinski definition) is 3. The van der Waals surface area contributed by atoms with Crippen LogP contribution in [0.4, 0.5) is 0 Å². The van der Waals surface area contributed by atoms with Gasteiger partial charge in [-0.15, -0.1) is 0 Å². The molecule has 108 valence electrons. The van der Waals surface area contributed by atoms with E-state index in [0.717, 1.165) is 11.3 Å². The van der Waals surface area contributed by atoms with Crippen LogP contribution < -0.4 is 0 Å². The molecule has 0 fully saturated rings. The molecule has 5 nitrogen and oxygen atoms in total. The SMILES string of the molecule is Cc1cccc(C(=O)N(CC(=O)O)Cc2ccccc2)n1. The molecule has 2 aromatic rings. The number of aromatic nitrogens is 1. The van der Waals surface area contributed by atoms with Gasteiger partial charge in [0.2, 0.25) is 0 Å². The lowest BCUT2D eigenvalue weighted by Gasteiger charge is -2.20. The molecule has 2 rings (SSSR count). The highest BCUT2D eigenvalue weighted by Crippen LogP contribution is 2.09. The molecule has 1 N–H and O–H groups in total. The van der Waals surface area contributed by atoms with Crippen LogP contribution in [-0.4, -0.2) is 33.4 Å². The highest BCUT2D eigenvalue weighted by molar-refractivity contribution is 5.94. The molecule has 0 spiro atoms. The van der Waals surface area contributed by atoms with E-state index in [9.17, 15) is 9.59 Å². The number of carbonyl (C=O) groups excluding carboxylic acids is 1. The van der Waals surface area contributed by atoms with Crippen LogP contribution in [-0.2, 0) is 11.3 Å². The molecule has 1 aromatic carbocycles. The van der Waals surface area contributed by atoms with E-state index in [2.05, 4.69) is 4.98 Å². The molecule has 1 heterocycles. The summed E-state index contributed by atoms with van der Waals surface area (Å²) in [5.41, 5.74) is 1.85. The van der Waals surface area contributed by atoms with Crippen molar-refractivity contribution in [2.75, 3.05) is 6.54 Å². The van der Waals surface area contributed by atoms with Crippen molar-refractivity contribution in [1.29, 1.82) is 0 Å². The van der Waals surface area contributed by atoms with Gasteiger partial charge in [-0.25, -0.2) is 4.98 Å². The van der Waals surface area contributed by atoms with Crippen molar-refractivity contribution in [1.82, 2.24) is 9.88 Å². The molecule has 21 heavy (non-hydrogen) atoms. The summed E-state index contributed by atoms with van der Waals surface area (Å²) >= 11 is 0. The molecule has 1 amide bonds. The highest BCUT2D eigenvalue weighted by atomic mass is 16.4. The summed E-state index contributed by atoms with van der Waals surface area (Å²) in [6.45, 7) is 1.67. The van der Waals surface area contributed by atoms with E-state index < -0.39 is 5.97 Å². The Morgan fingerprint density at radius 1 is 1.10 bits per heavy atom. The topological polar surface area (TPSA) is 70.5 Å². The largest absolute Gasteiger partial charge is 0.480 e. The Hall–Kier alpha value is -2.69. The molecule has 0 atom stereocenters. The van der Waals surface area contributed by atoms with E-state index in [4.69, 9.17) is 5.11 Å². The molecule has 0 radical (unpaired) electrons. The van der Waals surface area contributed by atoms with Gasteiger partial charge < -0.3 is 10.0 Å². The van der Waals surface area contributed by atoms with Gasteiger partial charge in [0.15, 0.2) is 0 Å². The molecular formula is C16H16N2O3. The molecule has 0 aliphatic heterocycles. The summed E-state index contributed by atoms with van der Waals surface area (Å²) in [7, 11) is 0. The number of hydrogen-bond donors (Lipinski definition) is 1. The van der Waals surface area contributed by atoms with Gasteiger partial charge >= 0.3 is 5.97 Å². The van der Waals surface area contributed by atoms with Crippen molar-refractivity contribution in [3.63, 3.8) is 0 Å². The van der Waals surface area contributed by atoms with Gasteiger partial charge in [-0.2, -0.15) is 0 Å². The van der Waals surface area contributed by atoms with Crippen molar-refractivity contribution in [2.45, 2.75) is 13.5 Å². The van der Waals surface area contributed by atoms with Gasteiger partial charge in [-0.05, 0) is 24.6 Å². The van der Waals surface area contributed by atoms with Crippen LogP contribution in [0, 0.1) is 6.92 Å². The average molecular weight is 284 g/mol. The lowest BCUT2D eigenvalue weighted by atomic mass is 10.2. The zero-order valence-corrected chi connectivity index (χ0v) is 11.7. The Labute approximate surface area is 122 Å². The number of carboxylic acids is 1. The van der Waals surface area contributed by atoms with E-state index in [0.29, 0.717) is 0 Å². The third-order valence-corrected chi connectivity index (χ3v) is 2.94. The second kappa shape index (κ2) is 6.65. The van der Waals surface area contributed by atoms with Gasteiger partial charge in [0.25, 0.3) is 5.91 Å². The number of aryl methyl sites for hydroxylation is 1. The van der Waals surface area contributed by atoms with Gasteiger partial charge in [0, 0.05) is 12.2 Å². The van der Waals surface area contributed by atoms with Gasteiger partial charge in [-0.1, -0.05) is 36.4 Å². The number of aliphatic carboxylic acids is 1. The van der Waals surface area contributed by atoms with Crippen LogP contribution in [0.1, 0.15) is 21.7 Å². The normalized spacial score (nSPS) is 10.1. The van der Waals surface area contributed by atoms with E-state index in [1.165, 1.54) is 4.90 Å². The van der Waals surface area contributed by atoms with Crippen molar-refractivity contribution >= 4 is 11.9 Å².